The molecule has 1 amide bonds. The number of hydroxylamine groups is 2. The van der Waals surface area contributed by atoms with E-state index in [4.69, 9.17) is 5.11 Å². The molecule has 0 fully saturated rings. The molecule has 0 aliphatic rings. The molecule has 5 nitrogen and oxygen atoms in total. The first-order valence-corrected chi connectivity index (χ1v) is 4.10. The summed E-state index contributed by atoms with van der Waals surface area (Å²) >= 11 is 0. The summed E-state index contributed by atoms with van der Waals surface area (Å²) in [6.07, 6.45) is 1.55. The Morgan fingerprint density at radius 2 is 1.85 bits per heavy atom. The van der Waals surface area contributed by atoms with E-state index in [0.29, 0.717) is 19.3 Å². The van der Waals surface area contributed by atoms with Crippen molar-refractivity contribution < 1.29 is 19.5 Å². The van der Waals surface area contributed by atoms with Crippen LogP contribution in [0, 0.1) is 0 Å². The fourth-order valence-electron chi connectivity index (χ4n) is 0.812. The van der Waals surface area contributed by atoms with Gasteiger partial charge in [-0.05, 0) is 12.8 Å². The van der Waals surface area contributed by atoms with Crippen molar-refractivity contribution in [3.8, 4) is 0 Å². The van der Waals surface area contributed by atoms with Crippen LogP contribution in [-0.4, -0.2) is 36.2 Å². The molecule has 5 heteroatoms. The predicted molar refractivity (Wildman–Crippen MR) is 45.9 cm³/mol. The van der Waals surface area contributed by atoms with Gasteiger partial charge in [0.1, 0.15) is 0 Å². The molecular formula is C8H15NO4. The predicted octanol–water partition coefficient (Wildman–Crippen LogP) is 0.651. The number of carboxylic acid groups (broad SMARTS) is 1. The fraction of sp³-hybridized carbons (Fsp3) is 0.750. The average Bonchev–Trinajstić information content (AvgIpc) is 2.10. The number of carboxylic acids is 1. The second-order valence-corrected chi connectivity index (χ2v) is 2.67. The molecule has 0 aromatic rings. The van der Waals surface area contributed by atoms with Crippen molar-refractivity contribution >= 4 is 11.9 Å². The van der Waals surface area contributed by atoms with Gasteiger partial charge in [0.25, 0.3) is 0 Å². The Morgan fingerprint density at radius 3 is 2.31 bits per heavy atom. The number of carbonyl (C=O) groups excluding carboxylic acids is 1. The van der Waals surface area contributed by atoms with Gasteiger partial charge in [0.2, 0.25) is 5.91 Å². The standard InChI is InChI=1S/C8H15NO4/c1-9(13-2)7(10)5-3-4-6-8(11)12/h3-6H2,1-2H3,(H,11,12). The lowest BCUT2D eigenvalue weighted by molar-refractivity contribution is -0.168. The second kappa shape index (κ2) is 6.42. The molecule has 0 aromatic heterocycles. The highest BCUT2D eigenvalue weighted by Gasteiger charge is 2.07. The van der Waals surface area contributed by atoms with E-state index in [1.54, 1.807) is 0 Å². The highest BCUT2D eigenvalue weighted by Crippen LogP contribution is 2.02. The lowest BCUT2D eigenvalue weighted by Crippen LogP contribution is -2.24. The molecular weight excluding hydrogens is 174 g/mol. The van der Waals surface area contributed by atoms with Crippen LogP contribution in [0.2, 0.25) is 0 Å². The van der Waals surface area contributed by atoms with Crippen molar-refractivity contribution in [1.82, 2.24) is 5.06 Å². The normalized spacial score (nSPS) is 9.69. The topological polar surface area (TPSA) is 66.8 Å². The Labute approximate surface area is 77.2 Å². The summed E-state index contributed by atoms with van der Waals surface area (Å²) in [6.45, 7) is 0. The summed E-state index contributed by atoms with van der Waals surface area (Å²) < 4.78 is 0. The van der Waals surface area contributed by atoms with Gasteiger partial charge in [-0.2, -0.15) is 0 Å². The molecule has 0 saturated carbocycles. The van der Waals surface area contributed by atoms with Crippen molar-refractivity contribution in [2.75, 3.05) is 14.2 Å². The highest BCUT2D eigenvalue weighted by molar-refractivity contribution is 5.74. The molecule has 0 heterocycles. The van der Waals surface area contributed by atoms with Crippen LogP contribution in [0.25, 0.3) is 0 Å². The number of hydrogen-bond donors (Lipinski definition) is 1. The molecule has 0 aliphatic heterocycles. The second-order valence-electron chi connectivity index (χ2n) is 2.67. The lowest BCUT2D eigenvalue weighted by atomic mass is 10.2. The van der Waals surface area contributed by atoms with Gasteiger partial charge in [-0.15, -0.1) is 0 Å². The monoisotopic (exact) mass is 189 g/mol. The molecule has 0 unspecified atom stereocenters. The van der Waals surface area contributed by atoms with Gasteiger partial charge >= 0.3 is 5.97 Å². The third-order valence-corrected chi connectivity index (χ3v) is 1.66. The first-order chi connectivity index (χ1) is 6.07. The van der Waals surface area contributed by atoms with Gasteiger partial charge in [0.15, 0.2) is 0 Å². The SMILES string of the molecule is CON(C)C(=O)CCCCC(=O)O. The van der Waals surface area contributed by atoms with Crippen molar-refractivity contribution in [3.05, 3.63) is 0 Å². The van der Waals surface area contributed by atoms with E-state index in [0.717, 1.165) is 5.06 Å². The van der Waals surface area contributed by atoms with Gasteiger partial charge in [-0.3, -0.25) is 14.4 Å². The third-order valence-electron chi connectivity index (χ3n) is 1.66. The molecule has 0 saturated heterocycles. The summed E-state index contributed by atoms with van der Waals surface area (Å²) in [5.41, 5.74) is 0. The van der Waals surface area contributed by atoms with E-state index >= 15 is 0 Å². The van der Waals surface area contributed by atoms with Gasteiger partial charge < -0.3 is 5.11 Å². The van der Waals surface area contributed by atoms with Crippen molar-refractivity contribution in [2.45, 2.75) is 25.7 Å². The first-order valence-electron chi connectivity index (χ1n) is 4.10. The van der Waals surface area contributed by atoms with Gasteiger partial charge in [0.05, 0.1) is 7.11 Å². The zero-order valence-electron chi connectivity index (χ0n) is 7.95. The van der Waals surface area contributed by atoms with Crippen LogP contribution < -0.4 is 0 Å². The van der Waals surface area contributed by atoms with Crippen LogP contribution in [0.1, 0.15) is 25.7 Å². The Kier molecular flexibility index (Phi) is 5.88. The van der Waals surface area contributed by atoms with Crippen LogP contribution in [0.5, 0.6) is 0 Å². The largest absolute Gasteiger partial charge is 0.481 e. The van der Waals surface area contributed by atoms with E-state index in [9.17, 15) is 9.59 Å². The summed E-state index contributed by atoms with van der Waals surface area (Å²) in [5.74, 6) is -0.958. The highest BCUT2D eigenvalue weighted by atomic mass is 16.7. The fourth-order valence-corrected chi connectivity index (χ4v) is 0.812. The van der Waals surface area contributed by atoms with Gasteiger partial charge in [-0.1, -0.05) is 0 Å². The van der Waals surface area contributed by atoms with Crippen LogP contribution in [0.15, 0.2) is 0 Å². The summed E-state index contributed by atoms with van der Waals surface area (Å²) in [6, 6.07) is 0. The Hall–Kier alpha value is -1.10. The molecule has 0 aromatic carbocycles. The molecule has 0 radical (unpaired) electrons. The summed E-state index contributed by atoms with van der Waals surface area (Å²) in [5, 5.41) is 9.45. The van der Waals surface area contributed by atoms with E-state index in [1.807, 2.05) is 0 Å². The smallest absolute Gasteiger partial charge is 0.303 e. The van der Waals surface area contributed by atoms with Gasteiger partial charge in [0, 0.05) is 19.9 Å². The van der Waals surface area contributed by atoms with Gasteiger partial charge in [-0.25, -0.2) is 5.06 Å². The minimum Gasteiger partial charge on any atom is -0.481 e. The maximum absolute atomic E-state index is 11.1. The summed E-state index contributed by atoms with van der Waals surface area (Å²) in [4.78, 5) is 25.8. The number of hydrogen-bond acceptors (Lipinski definition) is 3. The first kappa shape index (κ1) is 11.9. The number of aliphatic carboxylic acids is 1. The third kappa shape index (κ3) is 6.10. The number of rotatable bonds is 6. The molecule has 1 N–H and O–H groups in total. The van der Waals surface area contributed by atoms with Crippen LogP contribution >= 0.6 is 0 Å². The zero-order valence-corrected chi connectivity index (χ0v) is 7.95. The number of nitrogens with zero attached hydrogens (tertiary/aromatic N) is 1. The summed E-state index contributed by atoms with van der Waals surface area (Å²) in [7, 11) is 2.94. The number of amides is 1. The minimum atomic E-state index is -0.826. The quantitative estimate of drug-likeness (QED) is 0.492. The van der Waals surface area contributed by atoms with Crippen LogP contribution in [0.4, 0.5) is 0 Å². The minimum absolute atomic E-state index is 0.115. The van der Waals surface area contributed by atoms with Crippen molar-refractivity contribution in [1.29, 1.82) is 0 Å². The zero-order chi connectivity index (χ0) is 10.3. The molecule has 0 atom stereocenters. The van der Waals surface area contributed by atoms with Crippen molar-refractivity contribution in [3.63, 3.8) is 0 Å². The van der Waals surface area contributed by atoms with Crippen LogP contribution in [0.3, 0.4) is 0 Å². The molecule has 0 rings (SSSR count). The molecule has 0 spiro atoms. The Bertz CT molecular complexity index is 181. The van der Waals surface area contributed by atoms with E-state index < -0.39 is 5.97 Å². The van der Waals surface area contributed by atoms with Crippen molar-refractivity contribution in [2.24, 2.45) is 0 Å². The molecule has 13 heavy (non-hydrogen) atoms. The maximum atomic E-state index is 11.1. The van der Waals surface area contributed by atoms with Crippen LogP contribution in [-0.2, 0) is 14.4 Å². The number of unbranched alkanes of at least 4 members (excludes halogenated alkanes) is 1. The molecule has 0 bridgehead atoms. The van der Waals surface area contributed by atoms with E-state index in [2.05, 4.69) is 4.84 Å². The Morgan fingerprint density at radius 1 is 1.31 bits per heavy atom. The van der Waals surface area contributed by atoms with E-state index in [1.165, 1.54) is 14.2 Å². The average molecular weight is 189 g/mol. The van der Waals surface area contributed by atoms with E-state index in [-0.39, 0.29) is 12.3 Å². The number of carbonyl (C=O) groups is 2. The maximum Gasteiger partial charge on any atom is 0.303 e. The molecule has 0 aliphatic carbocycles. The molecule has 76 valence electrons. The lowest BCUT2D eigenvalue weighted by Gasteiger charge is -2.12. The Balaban J connectivity index is 3.42.